The Labute approximate surface area is 345 Å². The lowest BCUT2D eigenvalue weighted by atomic mass is 9.72. The number of fused-ring (bicyclic) bond motifs is 6. The van der Waals surface area contributed by atoms with Gasteiger partial charge in [-0.25, -0.2) is 0 Å². The normalized spacial score (nSPS) is 32.2. The molecule has 0 aliphatic carbocycles. The number of amides is 2. The highest BCUT2D eigenvalue weighted by Gasteiger charge is 2.49. The maximum absolute atomic E-state index is 14.0. The largest absolute Gasteiger partial charge is 0.388 e. The molecular weight excluding hydrogens is 717 g/mol. The van der Waals surface area contributed by atoms with Gasteiger partial charge in [-0.15, -0.1) is 0 Å². The molecule has 3 aliphatic heterocycles. The van der Waals surface area contributed by atoms with Crippen LogP contribution in [0.3, 0.4) is 0 Å². The fourth-order valence-electron chi connectivity index (χ4n) is 9.41. The summed E-state index contributed by atoms with van der Waals surface area (Å²) in [6.07, 6.45) is 28.7. The fraction of sp³-hybridized carbons (Fsp3) is 0.792. The van der Waals surface area contributed by atoms with Crippen molar-refractivity contribution >= 4 is 11.8 Å². The van der Waals surface area contributed by atoms with Crippen LogP contribution in [0.15, 0.2) is 36.4 Å². The molecule has 1 aromatic carbocycles. The third-order valence-corrected chi connectivity index (χ3v) is 12.7. The van der Waals surface area contributed by atoms with Crippen molar-refractivity contribution in [2.24, 2.45) is 5.92 Å². The highest BCUT2D eigenvalue weighted by atomic mass is 16.7. The third kappa shape index (κ3) is 17.4. The average molecular weight is 797 g/mol. The van der Waals surface area contributed by atoms with E-state index in [0.29, 0.717) is 18.5 Å². The molecule has 8 atom stereocenters. The summed E-state index contributed by atoms with van der Waals surface area (Å²) in [5, 5.41) is 40.8. The van der Waals surface area contributed by atoms with Crippen molar-refractivity contribution in [1.29, 1.82) is 0 Å². The molecule has 2 bridgehead atoms. The van der Waals surface area contributed by atoms with Crippen LogP contribution in [-0.2, 0) is 14.3 Å². The molecule has 0 saturated carbocycles. The topological polar surface area (TPSA) is 137 Å². The lowest BCUT2D eigenvalue weighted by Gasteiger charge is -2.46. The lowest BCUT2D eigenvalue weighted by Crippen LogP contribution is -2.60. The van der Waals surface area contributed by atoms with Crippen LogP contribution in [0, 0.1) is 5.92 Å². The Hall–Kier alpha value is -2.30. The third-order valence-electron chi connectivity index (χ3n) is 12.7. The molecule has 4 rings (SSSR count). The van der Waals surface area contributed by atoms with Gasteiger partial charge < -0.3 is 35.4 Å². The number of allylic oxidation sites excluding steroid dienone is 1. The molecule has 3 aliphatic rings. The van der Waals surface area contributed by atoms with E-state index in [-0.39, 0.29) is 30.4 Å². The zero-order valence-electron chi connectivity index (χ0n) is 35.6. The van der Waals surface area contributed by atoms with Crippen molar-refractivity contribution in [3.05, 3.63) is 47.5 Å². The van der Waals surface area contributed by atoms with E-state index in [1.165, 1.54) is 110 Å². The molecular formula is C48H80N2O7. The van der Waals surface area contributed by atoms with Gasteiger partial charge in [0.2, 0.25) is 5.91 Å². The molecule has 0 radical (unpaired) electrons. The minimum Gasteiger partial charge on any atom is -0.388 e. The number of aliphatic hydroxyl groups excluding tert-OH is 3. The standard InChI is InChI=1S/C48H80N2O7/c1-37(51)50-39-32-26-22-18-14-10-6-2-4-8-12-16-20-24-30-38-31-25-21-17-13-9-5-3-7-11-15-19-23-29-35-49-47(55)41-34-28-27-33-40(41)42(38)46-44(53)43(52)45(54)48(57-46)56-36-39/h22,26-28,33-34,38-39,42-46,48,52-54H,2-21,23-25,29-32,35-36H2,1H3,(H,49,55)(H,50,51)/b26-22+. The summed E-state index contributed by atoms with van der Waals surface area (Å²) in [6.45, 7) is 2.15. The quantitative estimate of drug-likeness (QED) is 0.179. The Morgan fingerprint density at radius 1 is 0.667 bits per heavy atom. The van der Waals surface area contributed by atoms with Gasteiger partial charge in [0.1, 0.15) is 18.3 Å². The highest BCUT2D eigenvalue weighted by Crippen LogP contribution is 2.43. The second kappa shape index (κ2) is 28.2. The van der Waals surface area contributed by atoms with Crippen LogP contribution in [0.25, 0.3) is 0 Å². The first-order valence-corrected chi connectivity index (χ1v) is 23.5. The number of carbonyl (C=O) groups is 2. The van der Waals surface area contributed by atoms with Crippen LogP contribution in [0.1, 0.15) is 202 Å². The average Bonchev–Trinajstić information content (AvgIpc) is 3.20. The molecule has 0 spiro atoms. The van der Waals surface area contributed by atoms with E-state index in [0.717, 1.165) is 69.8 Å². The molecule has 324 valence electrons. The van der Waals surface area contributed by atoms with Gasteiger partial charge in [0.25, 0.3) is 5.91 Å². The highest BCUT2D eigenvalue weighted by molar-refractivity contribution is 5.95. The summed E-state index contributed by atoms with van der Waals surface area (Å²) < 4.78 is 12.9. The van der Waals surface area contributed by atoms with Gasteiger partial charge in [0, 0.05) is 24.9 Å². The first kappa shape index (κ1) is 47.4. The van der Waals surface area contributed by atoms with E-state index in [4.69, 9.17) is 9.47 Å². The summed E-state index contributed by atoms with van der Waals surface area (Å²) in [5.41, 5.74) is 1.38. The monoisotopic (exact) mass is 797 g/mol. The molecule has 9 heteroatoms. The number of hydrogen-bond donors (Lipinski definition) is 5. The van der Waals surface area contributed by atoms with Gasteiger partial charge >= 0.3 is 0 Å². The SMILES string of the molecule is CC(=O)NC1C/C=C/CCCCCCCCCCCCC2CCCCCCCCCCCCCCCNC(=O)c3ccccc3C2C2OC(OC1)C(O)C(O)C2O. The van der Waals surface area contributed by atoms with Gasteiger partial charge in [-0.2, -0.15) is 0 Å². The van der Waals surface area contributed by atoms with Crippen LogP contribution in [-0.4, -0.2) is 77.0 Å². The Kier molecular flexibility index (Phi) is 23.5. The molecule has 2 amide bonds. The summed E-state index contributed by atoms with van der Waals surface area (Å²) in [5.74, 6) is -0.673. The van der Waals surface area contributed by atoms with E-state index in [1.807, 2.05) is 24.3 Å². The van der Waals surface area contributed by atoms with Crippen LogP contribution >= 0.6 is 0 Å². The maximum atomic E-state index is 14.0. The summed E-state index contributed by atoms with van der Waals surface area (Å²) in [7, 11) is 0. The van der Waals surface area contributed by atoms with E-state index in [2.05, 4.69) is 22.8 Å². The van der Waals surface area contributed by atoms with Crippen LogP contribution in [0.4, 0.5) is 0 Å². The number of carbonyl (C=O) groups excluding carboxylic acids is 2. The van der Waals surface area contributed by atoms with Crippen LogP contribution < -0.4 is 10.6 Å². The maximum Gasteiger partial charge on any atom is 0.251 e. The predicted molar refractivity (Wildman–Crippen MR) is 229 cm³/mol. The first-order chi connectivity index (χ1) is 27.9. The molecule has 0 aromatic heterocycles. The van der Waals surface area contributed by atoms with Crippen LogP contribution in [0.2, 0.25) is 0 Å². The minimum atomic E-state index is -1.52. The van der Waals surface area contributed by atoms with E-state index in [9.17, 15) is 24.9 Å². The van der Waals surface area contributed by atoms with Crippen molar-refractivity contribution < 1.29 is 34.4 Å². The Morgan fingerprint density at radius 2 is 1.19 bits per heavy atom. The van der Waals surface area contributed by atoms with E-state index < -0.39 is 36.6 Å². The zero-order chi connectivity index (χ0) is 40.5. The van der Waals surface area contributed by atoms with Gasteiger partial charge in [-0.3, -0.25) is 9.59 Å². The number of ether oxygens (including phenoxy) is 2. The fourth-order valence-corrected chi connectivity index (χ4v) is 9.41. The second-order valence-electron chi connectivity index (χ2n) is 17.5. The van der Waals surface area contributed by atoms with Crippen molar-refractivity contribution in [2.75, 3.05) is 13.2 Å². The molecule has 1 fully saturated rings. The number of rotatable bonds is 1. The molecule has 3 heterocycles. The number of benzene rings is 1. The summed E-state index contributed by atoms with van der Waals surface area (Å²) in [6, 6.07) is 7.37. The van der Waals surface area contributed by atoms with Crippen LogP contribution in [0.5, 0.6) is 0 Å². The van der Waals surface area contributed by atoms with Gasteiger partial charge in [-0.05, 0) is 56.1 Å². The molecule has 1 saturated heterocycles. The molecule has 5 N–H and O–H groups in total. The van der Waals surface area contributed by atoms with E-state index in [1.54, 1.807) is 0 Å². The second-order valence-corrected chi connectivity index (χ2v) is 17.5. The van der Waals surface area contributed by atoms with Crippen molar-refractivity contribution in [3.8, 4) is 0 Å². The van der Waals surface area contributed by atoms with Crippen molar-refractivity contribution in [2.45, 2.75) is 223 Å². The Bertz CT molecular complexity index is 1270. The number of aliphatic hydroxyl groups is 3. The van der Waals surface area contributed by atoms with Crippen molar-refractivity contribution in [3.63, 3.8) is 0 Å². The van der Waals surface area contributed by atoms with Gasteiger partial charge in [-0.1, -0.05) is 165 Å². The molecule has 57 heavy (non-hydrogen) atoms. The van der Waals surface area contributed by atoms with Gasteiger partial charge in [0.05, 0.1) is 18.8 Å². The Balaban J connectivity index is 1.67. The number of hydrogen-bond acceptors (Lipinski definition) is 7. The molecule has 8 unspecified atom stereocenters. The van der Waals surface area contributed by atoms with Gasteiger partial charge in [0.15, 0.2) is 6.29 Å². The van der Waals surface area contributed by atoms with Crippen molar-refractivity contribution in [1.82, 2.24) is 10.6 Å². The smallest absolute Gasteiger partial charge is 0.251 e. The lowest BCUT2D eigenvalue weighted by molar-refractivity contribution is -0.303. The summed E-state index contributed by atoms with van der Waals surface area (Å²) in [4.78, 5) is 26.2. The summed E-state index contributed by atoms with van der Waals surface area (Å²) >= 11 is 0. The van der Waals surface area contributed by atoms with E-state index >= 15 is 0 Å². The minimum absolute atomic E-state index is 0.0638. The Morgan fingerprint density at radius 3 is 1.77 bits per heavy atom. The predicted octanol–water partition coefficient (Wildman–Crippen LogP) is 9.56. The first-order valence-electron chi connectivity index (χ1n) is 23.5. The molecule has 1 aromatic rings. The number of nitrogens with one attached hydrogen (secondary N) is 2. The molecule has 9 nitrogen and oxygen atoms in total. The zero-order valence-corrected chi connectivity index (χ0v) is 35.6.